The molecule has 2 amide bonds. The Morgan fingerprint density at radius 1 is 1.06 bits per heavy atom. The minimum absolute atomic E-state index is 0.0646. The number of hydrogen-bond acceptors (Lipinski definition) is 6. The average Bonchev–Trinajstić information content (AvgIpc) is 3.21. The second-order valence-electron chi connectivity index (χ2n) is 11.2. The third-order valence-corrected chi connectivity index (χ3v) is 7.35. The van der Waals surface area contributed by atoms with Crippen LogP contribution in [-0.2, 0) is 19.1 Å². The highest BCUT2D eigenvalue weighted by Gasteiger charge is 2.41. The minimum atomic E-state index is -0.624. The Bertz CT molecular complexity index is 690. The van der Waals surface area contributed by atoms with Crippen molar-refractivity contribution in [1.82, 2.24) is 20.0 Å². The highest BCUT2D eigenvalue weighted by Crippen LogP contribution is 2.26. The van der Waals surface area contributed by atoms with E-state index in [9.17, 15) is 14.4 Å². The number of carbonyl (C=O) groups excluding carboxylic acids is 3. The SMILES string of the molecule is COC(=O)[C@H]1CCCN1C[C@H](C(C)C)N(C)C(=O)[C@@H](NC(=O)C1CCCCN1C)C(C)(C)C. The molecule has 1 unspecified atom stereocenters. The van der Waals surface area contributed by atoms with Gasteiger partial charge in [-0.1, -0.05) is 41.0 Å². The number of ether oxygens (including phenoxy) is 1. The van der Waals surface area contributed by atoms with Crippen molar-refractivity contribution in [2.24, 2.45) is 11.3 Å². The van der Waals surface area contributed by atoms with Crippen molar-refractivity contribution >= 4 is 17.8 Å². The van der Waals surface area contributed by atoms with Gasteiger partial charge in [-0.3, -0.25) is 24.2 Å². The lowest BCUT2D eigenvalue weighted by molar-refractivity contribution is -0.147. The van der Waals surface area contributed by atoms with Gasteiger partial charge in [0, 0.05) is 19.6 Å². The Morgan fingerprint density at radius 3 is 2.24 bits per heavy atom. The Balaban J connectivity index is 2.17. The van der Waals surface area contributed by atoms with Crippen molar-refractivity contribution in [2.45, 2.75) is 90.9 Å². The Hall–Kier alpha value is -1.67. The summed E-state index contributed by atoms with van der Waals surface area (Å²) in [4.78, 5) is 45.2. The Labute approximate surface area is 200 Å². The summed E-state index contributed by atoms with van der Waals surface area (Å²) in [7, 11) is 5.23. The van der Waals surface area contributed by atoms with Gasteiger partial charge in [0.1, 0.15) is 12.1 Å². The number of piperidine rings is 1. The van der Waals surface area contributed by atoms with Gasteiger partial charge in [0.05, 0.1) is 13.2 Å². The predicted octanol–water partition coefficient (Wildman–Crippen LogP) is 2.12. The summed E-state index contributed by atoms with van der Waals surface area (Å²) in [6, 6.07) is -1.14. The molecule has 0 spiro atoms. The van der Waals surface area contributed by atoms with Crippen LogP contribution in [0.25, 0.3) is 0 Å². The number of rotatable bonds is 8. The molecule has 0 aliphatic carbocycles. The van der Waals surface area contributed by atoms with Crippen LogP contribution in [0.2, 0.25) is 0 Å². The van der Waals surface area contributed by atoms with E-state index in [1.807, 2.05) is 34.9 Å². The topological polar surface area (TPSA) is 82.2 Å². The molecule has 0 bridgehead atoms. The summed E-state index contributed by atoms with van der Waals surface area (Å²) in [5.74, 6) is -0.161. The second-order valence-corrected chi connectivity index (χ2v) is 11.2. The van der Waals surface area contributed by atoms with Crippen molar-refractivity contribution in [3.05, 3.63) is 0 Å². The minimum Gasteiger partial charge on any atom is -0.468 e. The molecule has 2 heterocycles. The average molecular weight is 467 g/mol. The van der Waals surface area contributed by atoms with Gasteiger partial charge in [-0.2, -0.15) is 0 Å². The molecule has 0 aromatic carbocycles. The number of hydrogen-bond donors (Lipinski definition) is 1. The standard InChI is InChI=1S/C25H46N4O4/c1-17(2)20(16-29-15-11-13-19(29)24(32)33-8)28(7)23(31)21(25(3,4)5)26-22(30)18-12-9-10-14-27(18)6/h17-21H,9-16H2,1-8H3,(H,26,30)/t18?,19-,20-,21-/m1/s1. The van der Waals surface area contributed by atoms with Crippen molar-refractivity contribution < 1.29 is 19.1 Å². The van der Waals surface area contributed by atoms with Crippen LogP contribution in [0.1, 0.15) is 66.7 Å². The van der Waals surface area contributed by atoms with Crippen molar-refractivity contribution in [2.75, 3.05) is 40.8 Å². The summed E-state index contributed by atoms with van der Waals surface area (Å²) < 4.78 is 4.99. The first-order valence-electron chi connectivity index (χ1n) is 12.5. The maximum atomic E-state index is 13.8. The summed E-state index contributed by atoms with van der Waals surface area (Å²) in [5, 5.41) is 3.10. The number of carbonyl (C=O) groups is 3. The maximum Gasteiger partial charge on any atom is 0.323 e. The van der Waals surface area contributed by atoms with E-state index < -0.39 is 11.5 Å². The molecule has 2 fully saturated rings. The van der Waals surface area contributed by atoms with Crippen molar-refractivity contribution in [1.29, 1.82) is 0 Å². The monoisotopic (exact) mass is 466 g/mol. The normalized spacial score (nSPS) is 24.4. The number of likely N-dealkylation sites (N-methyl/N-ethyl adjacent to an activating group) is 2. The lowest BCUT2D eigenvalue weighted by Gasteiger charge is -2.41. The van der Waals surface area contributed by atoms with Crippen LogP contribution in [-0.4, -0.2) is 97.5 Å². The van der Waals surface area contributed by atoms with E-state index in [4.69, 9.17) is 4.74 Å². The molecule has 2 aliphatic rings. The second kappa shape index (κ2) is 11.6. The summed E-state index contributed by atoms with van der Waals surface area (Å²) >= 11 is 0. The van der Waals surface area contributed by atoms with Gasteiger partial charge in [0.25, 0.3) is 0 Å². The first-order chi connectivity index (χ1) is 15.4. The highest BCUT2D eigenvalue weighted by atomic mass is 16.5. The Morgan fingerprint density at radius 2 is 1.70 bits per heavy atom. The first kappa shape index (κ1) is 27.6. The zero-order chi connectivity index (χ0) is 24.9. The van der Waals surface area contributed by atoms with E-state index in [1.165, 1.54) is 7.11 Å². The van der Waals surface area contributed by atoms with E-state index in [1.54, 1.807) is 4.90 Å². The Kier molecular flexibility index (Phi) is 9.73. The summed E-state index contributed by atoms with van der Waals surface area (Å²) in [6.45, 7) is 12.5. The lowest BCUT2D eigenvalue weighted by atomic mass is 9.84. The molecule has 2 aliphatic heterocycles. The molecular weight excluding hydrogens is 420 g/mol. The quantitative estimate of drug-likeness (QED) is 0.552. The van der Waals surface area contributed by atoms with Crippen LogP contribution in [0.15, 0.2) is 0 Å². The van der Waals surface area contributed by atoms with Gasteiger partial charge in [0.2, 0.25) is 11.8 Å². The van der Waals surface area contributed by atoms with E-state index in [0.29, 0.717) is 6.54 Å². The maximum absolute atomic E-state index is 13.8. The third-order valence-electron chi connectivity index (χ3n) is 7.35. The largest absolute Gasteiger partial charge is 0.468 e. The predicted molar refractivity (Wildman–Crippen MR) is 130 cm³/mol. The van der Waals surface area contributed by atoms with Crippen LogP contribution in [0, 0.1) is 11.3 Å². The van der Waals surface area contributed by atoms with E-state index in [-0.39, 0.29) is 41.8 Å². The number of likely N-dealkylation sites (tertiary alicyclic amines) is 2. The molecule has 0 saturated carbocycles. The highest BCUT2D eigenvalue weighted by molar-refractivity contribution is 5.90. The van der Waals surface area contributed by atoms with Gasteiger partial charge in [-0.15, -0.1) is 0 Å². The van der Waals surface area contributed by atoms with Crippen LogP contribution < -0.4 is 5.32 Å². The number of amides is 2. The van der Waals surface area contributed by atoms with Crippen molar-refractivity contribution in [3.8, 4) is 0 Å². The molecule has 1 N–H and O–H groups in total. The molecule has 0 radical (unpaired) electrons. The summed E-state index contributed by atoms with van der Waals surface area (Å²) in [5.41, 5.74) is -0.433. The fourth-order valence-electron chi connectivity index (χ4n) is 5.13. The molecule has 8 nitrogen and oxygen atoms in total. The van der Waals surface area contributed by atoms with E-state index in [0.717, 1.165) is 45.2 Å². The molecular formula is C25H46N4O4. The molecule has 0 aromatic rings. The smallest absolute Gasteiger partial charge is 0.323 e. The number of nitrogens with one attached hydrogen (secondary N) is 1. The molecule has 33 heavy (non-hydrogen) atoms. The zero-order valence-electron chi connectivity index (χ0n) is 22.0. The van der Waals surface area contributed by atoms with Gasteiger partial charge >= 0.3 is 5.97 Å². The molecule has 8 heteroatoms. The fourth-order valence-corrected chi connectivity index (χ4v) is 5.13. The van der Waals surface area contributed by atoms with Gasteiger partial charge in [-0.05, 0) is 57.2 Å². The van der Waals surface area contributed by atoms with Gasteiger partial charge in [0.15, 0.2) is 0 Å². The molecule has 190 valence electrons. The molecule has 4 atom stereocenters. The lowest BCUT2D eigenvalue weighted by Crippen LogP contribution is -2.61. The first-order valence-corrected chi connectivity index (χ1v) is 12.5. The van der Waals surface area contributed by atoms with E-state index >= 15 is 0 Å². The van der Waals surface area contributed by atoms with Crippen LogP contribution in [0.4, 0.5) is 0 Å². The van der Waals surface area contributed by atoms with Crippen LogP contribution in [0.3, 0.4) is 0 Å². The van der Waals surface area contributed by atoms with E-state index in [2.05, 4.69) is 29.0 Å². The van der Waals surface area contributed by atoms with Crippen LogP contribution in [0.5, 0.6) is 0 Å². The fraction of sp³-hybridized carbons (Fsp3) is 0.880. The van der Waals surface area contributed by atoms with Crippen LogP contribution >= 0.6 is 0 Å². The molecule has 2 saturated heterocycles. The summed E-state index contributed by atoms with van der Waals surface area (Å²) in [6.07, 6.45) is 4.68. The molecule has 0 aromatic heterocycles. The van der Waals surface area contributed by atoms with Crippen molar-refractivity contribution in [3.63, 3.8) is 0 Å². The van der Waals surface area contributed by atoms with Gasteiger partial charge < -0.3 is 15.0 Å². The third kappa shape index (κ3) is 6.92. The number of nitrogens with zero attached hydrogens (tertiary/aromatic N) is 3. The zero-order valence-corrected chi connectivity index (χ0v) is 22.0. The number of methoxy groups -OCH3 is 1. The van der Waals surface area contributed by atoms with Gasteiger partial charge in [-0.25, -0.2) is 0 Å². The number of esters is 1. The molecule has 2 rings (SSSR count).